The van der Waals surface area contributed by atoms with Crippen LogP contribution in [0.5, 0.6) is 0 Å². The second-order valence-corrected chi connectivity index (χ2v) is 7.54. The normalized spacial score (nSPS) is 20.9. The average Bonchev–Trinajstić information content (AvgIpc) is 2.67. The van der Waals surface area contributed by atoms with Crippen LogP contribution in [0.25, 0.3) is 0 Å². The number of rotatable bonds is 4. The Bertz CT molecular complexity index is 836. The highest BCUT2D eigenvalue weighted by atomic mass is 35.5. The number of amidine groups is 1. The van der Waals surface area contributed by atoms with E-state index in [2.05, 4.69) is 47.3 Å². The third kappa shape index (κ3) is 4.04. The number of benzene rings is 1. The summed E-state index contributed by atoms with van der Waals surface area (Å²) in [5.74, 6) is 2.07. The van der Waals surface area contributed by atoms with Gasteiger partial charge in [0, 0.05) is 42.1 Å². The molecule has 27 heavy (non-hydrogen) atoms. The minimum atomic E-state index is 0.109. The average molecular weight is 385 g/mol. The number of aliphatic imine (C=N–C) groups is 1. The second kappa shape index (κ2) is 7.79. The SMILES string of the molecule is CC1=CN2CC=C(N3CCOCC3)N=C2C(C(C)Nc2cccc(Cl)c2)=C1. The minimum Gasteiger partial charge on any atom is -0.378 e. The fourth-order valence-electron chi connectivity index (χ4n) is 3.64. The topological polar surface area (TPSA) is 40.1 Å². The van der Waals surface area contributed by atoms with E-state index in [4.69, 9.17) is 21.3 Å². The zero-order valence-corrected chi connectivity index (χ0v) is 16.5. The predicted molar refractivity (Wildman–Crippen MR) is 111 cm³/mol. The van der Waals surface area contributed by atoms with E-state index in [1.807, 2.05) is 24.3 Å². The molecule has 0 spiro atoms. The van der Waals surface area contributed by atoms with Crippen molar-refractivity contribution in [2.24, 2.45) is 4.99 Å². The third-order valence-electron chi connectivity index (χ3n) is 4.97. The van der Waals surface area contributed by atoms with Crippen LogP contribution in [0.15, 0.2) is 64.6 Å². The van der Waals surface area contributed by atoms with E-state index in [1.54, 1.807) is 0 Å². The van der Waals surface area contributed by atoms with E-state index in [0.717, 1.165) is 55.2 Å². The van der Waals surface area contributed by atoms with E-state index in [1.165, 1.54) is 11.1 Å². The summed E-state index contributed by atoms with van der Waals surface area (Å²) in [6, 6.07) is 7.94. The monoisotopic (exact) mass is 384 g/mol. The van der Waals surface area contributed by atoms with E-state index in [0.29, 0.717) is 0 Å². The van der Waals surface area contributed by atoms with Gasteiger partial charge in [0.1, 0.15) is 11.7 Å². The molecule has 0 aliphatic carbocycles. The van der Waals surface area contributed by atoms with Crippen molar-refractivity contribution in [1.82, 2.24) is 9.80 Å². The number of nitrogens with one attached hydrogen (secondary N) is 1. The number of nitrogens with zero attached hydrogens (tertiary/aromatic N) is 3. The lowest BCUT2D eigenvalue weighted by molar-refractivity contribution is 0.0527. The Kier molecular flexibility index (Phi) is 5.23. The molecule has 142 valence electrons. The molecule has 6 heteroatoms. The predicted octanol–water partition coefficient (Wildman–Crippen LogP) is 3.87. The molecule has 0 bridgehead atoms. The molecule has 4 rings (SSSR count). The highest BCUT2D eigenvalue weighted by Gasteiger charge is 2.27. The summed E-state index contributed by atoms with van der Waals surface area (Å²) < 4.78 is 5.48. The quantitative estimate of drug-likeness (QED) is 0.855. The van der Waals surface area contributed by atoms with Gasteiger partial charge in [0.2, 0.25) is 0 Å². The summed E-state index contributed by atoms with van der Waals surface area (Å²) in [7, 11) is 0. The van der Waals surface area contributed by atoms with Crippen LogP contribution in [0.2, 0.25) is 5.02 Å². The zero-order chi connectivity index (χ0) is 18.8. The number of morpholine rings is 1. The fourth-order valence-corrected chi connectivity index (χ4v) is 3.83. The second-order valence-electron chi connectivity index (χ2n) is 7.10. The van der Waals surface area contributed by atoms with Gasteiger partial charge in [-0.1, -0.05) is 17.7 Å². The van der Waals surface area contributed by atoms with Crippen molar-refractivity contribution in [1.29, 1.82) is 0 Å². The minimum absolute atomic E-state index is 0.109. The summed E-state index contributed by atoms with van der Waals surface area (Å²) in [5, 5.41) is 4.29. The van der Waals surface area contributed by atoms with Crippen molar-refractivity contribution in [3.8, 4) is 0 Å². The maximum Gasteiger partial charge on any atom is 0.140 e. The number of fused-ring (bicyclic) bond motifs is 1. The molecule has 1 fully saturated rings. The van der Waals surface area contributed by atoms with Crippen LogP contribution < -0.4 is 5.32 Å². The first-order chi connectivity index (χ1) is 13.1. The van der Waals surface area contributed by atoms with Crippen molar-refractivity contribution in [3.63, 3.8) is 0 Å². The number of halogens is 1. The molecule has 1 aromatic rings. The highest BCUT2D eigenvalue weighted by molar-refractivity contribution is 6.30. The Hall–Kier alpha value is -2.24. The molecule has 0 radical (unpaired) electrons. The molecule has 0 saturated carbocycles. The summed E-state index contributed by atoms with van der Waals surface area (Å²) in [5.41, 5.74) is 3.43. The smallest absolute Gasteiger partial charge is 0.140 e. The Labute approximate surface area is 165 Å². The molecule has 1 saturated heterocycles. The van der Waals surface area contributed by atoms with Gasteiger partial charge in [0.05, 0.1) is 19.3 Å². The Morgan fingerprint density at radius 2 is 2.07 bits per heavy atom. The molecular weight excluding hydrogens is 360 g/mol. The van der Waals surface area contributed by atoms with Crippen molar-refractivity contribution >= 4 is 23.1 Å². The fraction of sp³-hybridized carbons (Fsp3) is 0.381. The van der Waals surface area contributed by atoms with Crippen molar-refractivity contribution in [2.75, 3.05) is 38.2 Å². The van der Waals surface area contributed by atoms with Crippen LogP contribution in [0, 0.1) is 0 Å². The molecule has 1 N–H and O–H groups in total. The third-order valence-corrected chi connectivity index (χ3v) is 5.21. The molecule has 0 amide bonds. The van der Waals surface area contributed by atoms with Crippen molar-refractivity contribution < 1.29 is 4.74 Å². The van der Waals surface area contributed by atoms with Gasteiger partial charge in [0.15, 0.2) is 0 Å². The van der Waals surface area contributed by atoms with E-state index in [-0.39, 0.29) is 6.04 Å². The van der Waals surface area contributed by atoms with Crippen LogP contribution in [0.1, 0.15) is 13.8 Å². The highest BCUT2D eigenvalue weighted by Crippen LogP contribution is 2.27. The lowest BCUT2D eigenvalue weighted by Crippen LogP contribution is -2.41. The largest absolute Gasteiger partial charge is 0.378 e. The number of hydrogen-bond acceptors (Lipinski definition) is 5. The summed E-state index contributed by atoms with van der Waals surface area (Å²) in [6.07, 6.45) is 6.59. The molecule has 1 atom stereocenters. The van der Waals surface area contributed by atoms with Crippen molar-refractivity contribution in [2.45, 2.75) is 19.9 Å². The first kappa shape index (κ1) is 18.1. The van der Waals surface area contributed by atoms with Gasteiger partial charge in [-0.3, -0.25) is 0 Å². The molecule has 1 unspecified atom stereocenters. The van der Waals surface area contributed by atoms with Gasteiger partial charge in [-0.2, -0.15) is 0 Å². The van der Waals surface area contributed by atoms with Gasteiger partial charge in [-0.05, 0) is 49.8 Å². The molecule has 1 aromatic carbocycles. The van der Waals surface area contributed by atoms with Crippen LogP contribution in [0.3, 0.4) is 0 Å². The first-order valence-electron chi connectivity index (χ1n) is 9.41. The zero-order valence-electron chi connectivity index (χ0n) is 15.8. The first-order valence-corrected chi connectivity index (χ1v) is 9.78. The lowest BCUT2D eigenvalue weighted by Gasteiger charge is -2.36. The molecule has 3 aliphatic rings. The number of anilines is 1. The van der Waals surface area contributed by atoms with Gasteiger partial charge in [-0.25, -0.2) is 4.99 Å². The van der Waals surface area contributed by atoms with Crippen LogP contribution in [0.4, 0.5) is 5.69 Å². The van der Waals surface area contributed by atoms with Gasteiger partial charge >= 0.3 is 0 Å². The lowest BCUT2D eigenvalue weighted by atomic mass is 9.99. The van der Waals surface area contributed by atoms with Crippen LogP contribution >= 0.6 is 11.6 Å². The molecule has 0 aromatic heterocycles. The Balaban J connectivity index is 1.59. The molecular formula is C21H25ClN4O. The van der Waals surface area contributed by atoms with Gasteiger partial charge in [0.25, 0.3) is 0 Å². The summed E-state index contributed by atoms with van der Waals surface area (Å²) in [4.78, 5) is 9.56. The van der Waals surface area contributed by atoms with E-state index < -0.39 is 0 Å². The van der Waals surface area contributed by atoms with Crippen LogP contribution in [-0.4, -0.2) is 54.5 Å². The maximum absolute atomic E-state index is 6.13. The molecule has 5 nitrogen and oxygen atoms in total. The number of ether oxygens (including phenoxy) is 1. The number of allylic oxidation sites excluding steroid dienone is 2. The summed E-state index contributed by atoms with van der Waals surface area (Å²) in [6.45, 7) is 8.45. The van der Waals surface area contributed by atoms with Crippen molar-refractivity contribution in [3.05, 3.63) is 64.6 Å². The Morgan fingerprint density at radius 1 is 1.26 bits per heavy atom. The standard InChI is InChI=1S/C21H25ClN4O/c1-15-12-19(16(2)23-18-5-3-4-17(22)13-18)21-24-20(6-7-26(21)14-15)25-8-10-27-11-9-25/h3-6,12-14,16,23H,7-11H2,1-2H3. The van der Waals surface area contributed by atoms with Gasteiger partial charge in [-0.15, -0.1) is 0 Å². The van der Waals surface area contributed by atoms with E-state index >= 15 is 0 Å². The molecule has 3 heterocycles. The molecule has 3 aliphatic heterocycles. The maximum atomic E-state index is 6.13. The van der Waals surface area contributed by atoms with Crippen LogP contribution in [-0.2, 0) is 4.74 Å². The Morgan fingerprint density at radius 3 is 2.85 bits per heavy atom. The van der Waals surface area contributed by atoms with E-state index in [9.17, 15) is 0 Å². The van der Waals surface area contributed by atoms with Gasteiger partial charge < -0.3 is 19.9 Å². The number of hydrogen-bond donors (Lipinski definition) is 1. The summed E-state index contributed by atoms with van der Waals surface area (Å²) >= 11 is 6.13.